The number of fused-ring (bicyclic) bond motifs is 6. The van der Waals surface area contributed by atoms with Gasteiger partial charge < -0.3 is 9.13 Å². The van der Waals surface area contributed by atoms with Gasteiger partial charge in [-0.05, 0) is 104 Å². The molecule has 5 aromatic carbocycles. The Balaban J connectivity index is 1.63. The monoisotopic (exact) mass is 756 g/mol. The number of alkyl halides is 9. The largest absolute Gasteiger partial charge is 0.416 e. The van der Waals surface area contributed by atoms with Crippen LogP contribution in [0.2, 0.25) is 0 Å². The molecule has 8 rings (SSSR count). The van der Waals surface area contributed by atoms with Crippen molar-refractivity contribution in [3.63, 3.8) is 0 Å². The van der Waals surface area contributed by atoms with Gasteiger partial charge in [-0.15, -0.1) is 0 Å². The zero-order chi connectivity index (χ0) is 39.4. The fourth-order valence-electron chi connectivity index (χ4n) is 7.43. The normalized spacial score (nSPS) is 12.7. The van der Waals surface area contributed by atoms with Gasteiger partial charge in [-0.2, -0.15) is 39.5 Å². The first kappa shape index (κ1) is 35.7. The van der Waals surface area contributed by atoms with Gasteiger partial charge in [0.05, 0.1) is 56.7 Å². The number of nitrogens with zero attached hydrogens (tertiary/aromatic N) is 4. The Morgan fingerprint density at radius 2 is 0.873 bits per heavy atom. The second-order valence-corrected chi connectivity index (χ2v) is 13.5. The van der Waals surface area contributed by atoms with E-state index in [1.165, 1.54) is 39.5 Å². The first-order valence-electron chi connectivity index (χ1n) is 16.7. The van der Waals surface area contributed by atoms with Gasteiger partial charge in [-0.1, -0.05) is 30.3 Å². The molecule has 0 aliphatic heterocycles. The summed E-state index contributed by atoms with van der Waals surface area (Å²) in [5, 5.41) is 1.34. The Kier molecular flexibility index (Phi) is 7.87. The summed E-state index contributed by atoms with van der Waals surface area (Å²) in [5.74, 6) is 0. The van der Waals surface area contributed by atoms with E-state index in [1.807, 2.05) is 0 Å². The molecule has 0 bridgehead atoms. The van der Waals surface area contributed by atoms with E-state index in [0.717, 1.165) is 42.0 Å². The second kappa shape index (κ2) is 12.1. The van der Waals surface area contributed by atoms with Crippen LogP contribution < -0.4 is 0 Å². The SMILES string of the molecule is [C-]#[N+]c1cc(-n2c3cc(C)ccc3c3ccc(C(F)(F)F)cc32)c(-n2c3cc(C(F)(F)F)ccc3c3ccc(C(F)(F)F)cc32)cc1-c1cc(C)nc(C)c1. The van der Waals surface area contributed by atoms with Gasteiger partial charge in [-0.25, -0.2) is 4.85 Å². The average molecular weight is 757 g/mol. The summed E-state index contributed by atoms with van der Waals surface area (Å²) < 4.78 is 131. The third kappa shape index (κ3) is 5.92. The van der Waals surface area contributed by atoms with Crippen molar-refractivity contribution in [3.8, 4) is 22.5 Å². The molecule has 0 fully saturated rings. The Labute approximate surface area is 306 Å². The van der Waals surface area contributed by atoms with Gasteiger partial charge in [0.1, 0.15) is 0 Å². The second-order valence-electron chi connectivity index (χ2n) is 13.5. The van der Waals surface area contributed by atoms with E-state index in [4.69, 9.17) is 6.57 Å². The standard InChI is InChI=1S/C42H25F9N4/c1-21-5-9-28-29-10-6-25(40(43,44)45)16-35(29)54(34(28)13-21)39-20-33(52-4)32(24-14-22(2)53-23(3)15-24)19-38(39)55-36-17-26(41(46,47)48)7-11-30(36)31-12-8-27(18-37(31)55)42(49,50)51/h5-20H,1-3H3. The molecule has 0 N–H and O–H groups in total. The molecule has 0 saturated heterocycles. The molecule has 8 aromatic rings. The molecule has 0 atom stereocenters. The average Bonchev–Trinajstić information content (AvgIpc) is 3.60. The Bertz CT molecular complexity index is 2840. The number of halogens is 9. The van der Waals surface area contributed by atoms with E-state index in [0.29, 0.717) is 33.2 Å². The van der Waals surface area contributed by atoms with Crippen LogP contribution in [0.15, 0.2) is 97.1 Å². The third-order valence-electron chi connectivity index (χ3n) is 9.76. The molecule has 0 spiro atoms. The van der Waals surface area contributed by atoms with E-state index < -0.39 is 35.2 Å². The molecule has 4 nitrogen and oxygen atoms in total. The van der Waals surface area contributed by atoms with Gasteiger partial charge in [0, 0.05) is 32.9 Å². The van der Waals surface area contributed by atoms with Crippen molar-refractivity contribution in [3.05, 3.63) is 142 Å². The van der Waals surface area contributed by atoms with Gasteiger partial charge >= 0.3 is 18.5 Å². The maximum Gasteiger partial charge on any atom is 0.416 e. The summed E-state index contributed by atoms with van der Waals surface area (Å²) in [6, 6.07) is 20.5. The Hall–Kier alpha value is -6.29. The van der Waals surface area contributed by atoms with E-state index in [-0.39, 0.29) is 49.9 Å². The molecule has 13 heteroatoms. The van der Waals surface area contributed by atoms with Crippen LogP contribution in [0.4, 0.5) is 45.2 Å². The van der Waals surface area contributed by atoms with Crippen molar-refractivity contribution < 1.29 is 39.5 Å². The van der Waals surface area contributed by atoms with Gasteiger partial charge in [-0.3, -0.25) is 4.98 Å². The molecule has 55 heavy (non-hydrogen) atoms. The fourth-order valence-corrected chi connectivity index (χ4v) is 7.43. The molecule has 0 radical (unpaired) electrons. The Morgan fingerprint density at radius 3 is 1.27 bits per heavy atom. The number of hydrogen-bond donors (Lipinski definition) is 0. The van der Waals surface area contributed by atoms with Crippen molar-refractivity contribution >= 4 is 49.3 Å². The Morgan fingerprint density at radius 1 is 0.491 bits per heavy atom. The van der Waals surface area contributed by atoms with Crippen LogP contribution in [0.1, 0.15) is 33.6 Å². The van der Waals surface area contributed by atoms with Crippen LogP contribution in [0.25, 0.3) is 71.0 Å². The molecule has 3 aromatic heterocycles. The van der Waals surface area contributed by atoms with E-state index >= 15 is 0 Å². The maximum atomic E-state index is 14.3. The highest BCUT2D eigenvalue weighted by Gasteiger charge is 2.35. The van der Waals surface area contributed by atoms with Crippen molar-refractivity contribution in [2.24, 2.45) is 0 Å². The summed E-state index contributed by atoms with van der Waals surface area (Å²) in [4.78, 5) is 8.19. The number of rotatable bonds is 3. The third-order valence-corrected chi connectivity index (χ3v) is 9.76. The van der Waals surface area contributed by atoms with Crippen LogP contribution >= 0.6 is 0 Å². The maximum absolute atomic E-state index is 14.3. The van der Waals surface area contributed by atoms with Gasteiger partial charge in [0.15, 0.2) is 5.69 Å². The summed E-state index contributed by atoms with van der Waals surface area (Å²) in [6.07, 6.45) is -14.4. The van der Waals surface area contributed by atoms with Gasteiger partial charge in [0.2, 0.25) is 0 Å². The van der Waals surface area contributed by atoms with Crippen molar-refractivity contribution in [2.75, 3.05) is 0 Å². The minimum atomic E-state index is -4.83. The summed E-state index contributed by atoms with van der Waals surface area (Å²) in [5.41, 5.74) is -0.106. The number of aryl methyl sites for hydroxylation is 3. The molecule has 0 amide bonds. The molecule has 276 valence electrons. The smallest absolute Gasteiger partial charge is 0.308 e. The molecule has 3 heterocycles. The summed E-state index contributed by atoms with van der Waals surface area (Å²) >= 11 is 0. The molecule has 0 aliphatic carbocycles. The minimum absolute atomic E-state index is 0.0193. The molecular formula is C42H25F9N4. The van der Waals surface area contributed by atoms with Crippen LogP contribution in [0, 0.1) is 27.3 Å². The van der Waals surface area contributed by atoms with Gasteiger partial charge in [0.25, 0.3) is 0 Å². The number of hydrogen-bond acceptors (Lipinski definition) is 1. The highest BCUT2D eigenvalue weighted by atomic mass is 19.4. The van der Waals surface area contributed by atoms with Crippen LogP contribution in [0.3, 0.4) is 0 Å². The fraction of sp³-hybridized carbons (Fsp3) is 0.143. The van der Waals surface area contributed by atoms with Crippen LogP contribution in [0.5, 0.6) is 0 Å². The van der Waals surface area contributed by atoms with Crippen molar-refractivity contribution in [2.45, 2.75) is 39.3 Å². The topological polar surface area (TPSA) is 27.1 Å². The first-order valence-corrected chi connectivity index (χ1v) is 16.7. The van der Waals surface area contributed by atoms with Crippen molar-refractivity contribution in [1.82, 2.24) is 14.1 Å². The lowest BCUT2D eigenvalue weighted by Crippen LogP contribution is -2.08. The van der Waals surface area contributed by atoms with E-state index in [2.05, 4.69) is 9.83 Å². The quantitative estimate of drug-likeness (QED) is 0.130. The first-order chi connectivity index (χ1) is 25.8. The highest BCUT2D eigenvalue weighted by Crippen LogP contribution is 2.46. The van der Waals surface area contributed by atoms with E-state index in [9.17, 15) is 39.5 Å². The van der Waals surface area contributed by atoms with Crippen molar-refractivity contribution in [1.29, 1.82) is 0 Å². The number of pyridine rings is 1. The lowest BCUT2D eigenvalue weighted by atomic mass is 10.0. The summed E-state index contributed by atoms with van der Waals surface area (Å²) in [6.45, 7) is 13.5. The molecular weight excluding hydrogens is 731 g/mol. The summed E-state index contributed by atoms with van der Waals surface area (Å²) in [7, 11) is 0. The van der Waals surface area contributed by atoms with Crippen LogP contribution in [-0.2, 0) is 18.5 Å². The molecule has 0 aliphatic rings. The lowest BCUT2D eigenvalue weighted by molar-refractivity contribution is -0.138. The zero-order valence-electron chi connectivity index (χ0n) is 28.9. The minimum Gasteiger partial charge on any atom is -0.308 e. The number of benzene rings is 5. The predicted molar refractivity (Wildman–Crippen MR) is 194 cm³/mol. The molecule has 0 saturated carbocycles. The zero-order valence-corrected chi connectivity index (χ0v) is 28.9. The number of aromatic nitrogens is 3. The molecule has 0 unspecified atom stereocenters. The highest BCUT2D eigenvalue weighted by molar-refractivity contribution is 6.12. The van der Waals surface area contributed by atoms with Crippen LogP contribution in [-0.4, -0.2) is 14.1 Å². The lowest BCUT2D eigenvalue weighted by Gasteiger charge is -2.21. The predicted octanol–water partition coefficient (Wildman–Crippen LogP) is 13.5. The van der Waals surface area contributed by atoms with E-state index in [1.54, 1.807) is 51.1 Å².